The number of benzene rings is 1. The van der Waals surface area contributed by atoms with Gasteiger partial charge in [-0.25, -0.2) is 4.98 Å². The molecular weight excluding hydrogens is 222 g/mol. The van der Waals surface area contributed by atoms with Gasteiger partial charge >= 0.3 is 0 Å². The van der Waals surface area contributed by atoms with Gasteiger partial charge in [-0.15, -0.1) is 0 Å². The number of hydrogen-bond donors (Lipinski definition) is 2. The lowest BCUT2D eigenvalue weighted by Crippen LogP contribution is -2.14. The molecule has 0 atom stereocenters. The van der Waals surface area contributed by atoms with Gasteiger partial charge in [0, 0.05) is 0 Å². The third-order valence-corrected chi connectivity index (χ3v) is 3.02. The Kier molecular flexibility index (Phi) is 4.53. The van der Waals surface area contributed by atoms with Gasteiger partial charge < -0.3 is 10.3 Å². The molecule has 0 saturated carbocycles. The van der Waals surface area contributed by atoms with Crippen molar-refractivity contribution in [3.63, 3.8) is 0 Å². The molecular formula is C15H21N3. The highest BCUT2D eigenvalue weighted by Gasteiger charge is 2.02. The number of nitrogens with one attached hydrogen (secondary N) is 2. The van der Waals surface area contributed by atoms with Gasteiger partial charge in [-0.2, -0.15) is 0 Å². The number of nitrogens with zero attached hydrogens (tertiary/aromatic N) is 1. The molecule has 3 heteroatoms. The molecule has 0 fully saturated rings. The maximum absolute atomic E-state index is 4.39. The van der Waals surface area contributed by atoms with Gasteiger partial charge in [0.15, 0.2) is 0 Å². The molecule has 0 aliphatic carbocycles. The van der Waals surface area contributed by atoms with E-state index < -0.39 is 0 Å². The van der Waals surface area contributed by atoms with Crippen LogP contribution in [0.3, 0.4) is 0 Å². The van der Waals surface area contributed by atoms with Gasteiger partial charge in [0.1, 0.15) is 5.82 Å². The molecule has 2 rings (SSSR count). The largest absolute Gasteiger partial charge is 0.341 e. The van der Waals surface area contributed by atoms with E-state index in [1.165, 1.54) is 11.1 Å². The number of aromatic amines is 1. The van der Waals surface area contributed by atoms with Crippen LogP contribution in [-0.2, 0) is 13.0 Å². The molecule has 3 nitrogen and oxygen atoms in total. The predicted octanol–water partition coefficient (Wildman–Crippen LogP) is 3.14. The van der Waals surface area contributed by atoms with E-state index in [1.54, 1.807) is 0 Å². The van der Waals surface area contributed by atoms with Gasteiger partial charge in [0.2, 0.25) is 0 Å². The number of aromatic nitrogens is 2. The average molecular weight is 243 g/mol. The zero-order valence-corrected chi connectivity index (χ0v) is 11.2. The highest BCUT2D eigenvalue weighted by molar-refractivity contribution is 5.58. The van der Waals surface area contributed by atoms with Gasteiger partial charge in [-0.1, -0.05) is 38.1 Å². The fraction of sp³-hybridized carbons (Fsp3) is 0.400. The third kappa shape index (κ3) is 3.20. The number of imidazole rings is 1. The SMILES string of the molecule is CCCNCc1ncc(-c2ccc(CC)cc2)[nH]1. The second-order valence-electron chi connectivity index (χ2n) is 4.47. The maximum atomic E-state index is 4.39. The van der Waals surface area contributed by atoms with Gasteiger partial charge in [-0.05, 0) is 30.5 Å². The number of hydrogen-bond acceptors (Lipinski definition) is 2. The summed E-state index contributed by atoms with van der Waals surface area (Å²) in [6, 6.07) is 8.64. The fourth-order valence-corrected chi connectivity index (χ4v) is 1.90. The Hall–Kier alpha value is -1.61. The molecule has 1 aromatic carbocycles. The lowest BCUT2D eigenvalue weighted by Gasteiger charge is -2.01. The second-order valence-corrected chi connectivity index (χ2v) is 4.47. The normalized spacial score (nSPS) is 10.8. The lowest BCUT2D eigenvalue weighted by molar-refractivity contribution is 0.655. The zero-order chi connectivity index (χ0) is 12.8. The Morgan fingerprint density at radius 2 is 1.94 bits per heavy atom. The smallest absolute Gasteiger partial charge is 0.120 e. The number of H-pyrrole nitrogens is 1. The van der Waals surface area contributed by atoms with Crippen molar-refractivity contribution in [1.29, 1.82) is 0 Å². The number of rotatable bonds is 6. The zero-order valence-electron chi connectivity index (χ0n) is 11.2. The quantitative estimate of drug-likeness (QED) is 0.765. The molecule has 1 aromatic heterocycles. The van der Waals surface area contributed by atoms with Crippen LogP contribution in [0.4, 0.5) is 0 Å². The molecule has 2 N–H and O–H groups in total. The van der Waals surface area contributed by atoms with Crippen LogP contribution in [0.1, 0.15) is 31.7 Å². The molecule has 18 heavy (non-hydrogen) atoms. The first-order valence-electron chi connectivity index (χ1n) is 6.67. The summed E-state index contributed by atoms with van der Waals surface area (Å²) in [4.78, 5) is 7.74. The van der Waals surface area contributed by atoms with E-state index in [-0.39, 0.29) is 0 Å². The summed E-state index contributed by atoms with van der Waals surface area (Å²) in [6.07, 6.45) is 4.13. The fourth-order valence-electron chi connectivity index (χ4n) is 1.90. The first-order valence-corrected chi connectivity index (χ1v) is 6.67. The van der Waals surface area contributed by atoms with Gasteiger partial charge in [0.25, 0.3) is 0 Å². The Balaban J connectivity index is 2.04. The van der Waals surface area contributed by atoms with Crippen molar-refractivity contribution >= 4 is 0 Å². The predicted molar refractivity (Wildman–Crippen MR) is 75.4 cm³/mol. The molecule has 0 unspecified atom stereocenters. The van der Waals surface area contributed by atoms with Crippen LogP contribution in [0.5, 0.6) is 0 Å². The monoisotopic (exact) mass is 243 g/mol. The Labute approximate surface area is 109 Å². The van der Waals surface area contributed by atoms with Crippen molar-refractivity contribution in [2.75, 3.05) is 6.54 Å². The minimum Gasteiger partial charge on any atom is -0.341 e. The minimum absolute atomic E-state index is 0.806. The van der Waals surface area contributed by atoms with E-state index in [0.29, 0.717) is 0 Å². The molecule has 0 saturated heterocycles. The molecule has 0 spiro atoms. The summed E-state index contributed by atoms with van der Waals surface area (Å²) in [5.41, 5.74) is 3.65. The van der Waals surface area contributed by atoms with Crippen molar-refractivity contribution in [3.8, 4) is 11.3 Å². The van der Waals surface area contributed by atoms with Crippen LogP contribution in [0.25, 0.3) is 11.3 Å². The van der Waals surface area contributed by atoms with Crippen LogP contribution in [0.2, 0.25) is 0 Å². The first-order chi connectivity index (χ1) is 8.83. The van der Waals surface area contributed by atoms with Crippen LogP contribution in [-0.4, -0.2) is 16.5 Å². The van der Waals surface area contributed by atoms with Crippen LogP contribution >= 0.6 is 0 Å². The van der Waals surface area contributed by atoms with Crippen molar-refractivity contribution in [3.05, 3.63) is 41.9 Å². The summed E-state index contributed by atoms with van der Waals surface area (Å²) in [5.74, 6) is 0.998. The Morgan fingerprint density at radius 1 is 1.17 bits per heavy atom. The van der Waals surface area contributed by atoms with Crippen molar-refractivity contribution in [2.24, 2.45) is 0 Å². The minimum atomic E-state index is 0.806. The summed E-state index contributed by atoms with van der Waals surface area (Å²) < 4.78 is 0. The average Bonchev–Trinajstić information content (AvgIpc) is 2.88. The molecule has 96 valence electrons. The molecule has 1 heterocycles. The topological polar surface area (TPSA) is 40.7 Å². The van der Waals surface area contributed by atoms with Crippen molar-refractivity contribution in [1.82, 2.24) is 15.3 Å². The van der Waals surface area contributed by atoms with E-state index in [0.717, 1.165) is 37.4 Å². The first kappa shape index (κ1) is 12.8. The summed E-state index contributed by atoms with van der Waals surface area (Å²) in [6.45, 7) is 6.17. The van der Waals surface area contributed by atoms with Gasteiger partial charge in [-0.3, -0.25) is 0 Å². The third-order valence-electron chi connectivity index (χ3n) is 3.02. The van der Waals surface area contributed by atoms with Gasteiger partial charge in [0.05, 0.1) is 18.4 Å². The molecule has 0 aliphatic heterocycles. The second kappa shape index (κ2) is 6.36. The molecule has 0 amide bonds. The lowest BCUT2D eigenvalue weighted by atomic mass is 10.1. The Bertz CT molecular complexity index is 471. The number of aryl methyl sites for hydroxylation is 1. The van der Waals surface area contributed by atoms with E-state index in [2.05, 4.69) is 53.4 Å². The maximum Gasteiger partial charge on any atom is 0.120 e. The summed E-state index contributed by atoms with van der Waals surface area (Å²) >= 11 is 0. The van der Waals surface area contributed by atoms with Crippen LogP contribution < -0.4 is 5.32 Å². The van der Waals surface area contributed by atoms with E-state index in [4.69, 9.17) is 0 Å². The van der Waals surface area contributed by atoms with Crippen molar-refractivity contribution in [2.45, 2.75) is 33.2 Å². The molecule has 2 aromatic rings. The van der Waals surface area contributed by atoms with Crippen molar-refractivity contribution < 1.29 is 0 Å². The van der Waals surface area contributed by atoms with Crippen LogP contribution in [0.15, 0.2) is 30.5 Å². The molecule has 0 bridgehead atoms. The summed E-state index contributed by atoms with van der Waals surface area (Å²) in [5, 5.41) is 3.34. The van der Waals surface area contributed by atoms with E-state index in [9.17, 15) is 0 Å². The van der Waals surface area contributed by atoms with E-state index in [1.807, 2.05) is 6.20 Å². The van der Waals surface area contributed by atoms with E-state index >= 15 is 0 Å². The summed E-state index contributed by atoms with van der Waals surface area (Å²) in [7, 11) is 0. The highest BCUT2D eigenvalue weighted by atomic mass is 15.0. The molecule has 0 aliphatic rings. The Morgan fingerprint density at radius 3 is 2.61 bits per heavy atom. The standard InChI is InChI=1S/C15H21N3/c1-3-9-16-11-15-17-10-14(18-15)13-7-5-12(4-2)6-8-13/h5-8,10,16H,3-4,9,11H2,1-2H3,(H,17,18). The van der Waals surface area contributed by atoms with Crippen LogP contribution in [0, 0.1) is 0 Å². The molecule has 0 radical (unpaired) electrons. The highest BCUT2D eigenvalue weighted by Crippen LogP contribution is 2.17.